The maximum Gasteiger partial charge on any atom is 0.106 e. The average Bonchev–Trinajstić information content (AvgIpc) is 2.56. The first-order chi connectivity index (χ1) is 9.89. The maximum atomic E-state index is 4.93. The quantitative estimate of drug-likeness (QED) is 0.636. The van der Waals surface area contributed by atoms with Gasteiger partial charge < -0.3 is 0 Å². The Kier molecular flexibility index (Phi) is 4.49. The Morgan fingerprint density at radius 3 is 2.15 bits per heavy atom. The second kappa shape index (κ2) is 6.51. The molecule has 0 saturated heterocycles. The molecule has 2 aliphatic carbocycles. The number of nitrogens with zero attached hydrogens (tertiary/aromatic N) is 2. The molecule has 2 heteroatoms. The SMILES string of the molecule is c1ccc(C2(N=NC3CCCCC3)CCCCC2)cc1. The fraction of sp³-hybridized carbons (Fsp3) is 0.667. The largest absolute Gasteiger partial charge is 0.190 e. The van der Waals surface area contributed by atoms with Crippen LogP contribution in [0.1, 0.15) is 69.8 Å². The first-order valence-corrected chi connectivity index (χ1v) is 8.37. The highest BCUT2D eigenvalue weighted by molar-refractivity contribution is 5.25. The highest BCUT2D eigenvalue weighted by Crippen LogP contribution is 2.41. The van der Waals surface area contributed by atoms with Crippen LogP contribution in [0.2, 0.25) is 0 Å². The van der Waals surface area contributed by atoms with Gasteiger partial charge in [-0.2, -0.15) is 10.2 Å². The van der Waals surface area contributed by atoms with Crippen molar-refractivity contribution in [1.29, 1.82) is 0 Å². The van der Waals surface area contributed by atoms with Gasteiger partial charge in [0.05, 0.1) is 6.04 Å². The Morgan fingerprint density at radius 2 is 1.45 bits per heavy atom. The van der Waals surface area contributed by atoms with Gasteiger partial charge in [-0.25, -0.2) is 0 Å². The number of benzene rings is 1. The minimum absolute atomic E-state index is 0.0169. The molecule has 1 aromatic carbocycles. The third-order valence-corrected chi connectivity index (χ3v) is 4.98. The van der Waals surface area contributed by atoms with Crippen molar-refractivity contribution in [3.05, 3.63) is 35.9 Å². The monoisotopic (exact) mass is 270 g/mol. The molecular weight excluding hydrogens is 244 g/mol. The van der Waals surface area contributed by atoms with Crippen LogP contribution in [-0.4, -0.2) is 6.04 Å². The van der Waals surface area contributed by atoms with E-state index in [9.17, 15) is 0 Å². The minimum Gasteiger partial charge on any atom is -0.190 e. The van der Waals surface area contributed by atoms with Gasteiger partial charge in [-0.05, 0) is 31.2 Å². The van der Waals surface area contributed by atoms with Crippen LogP contribution >= 0.6 is 0 Å². The molecule has 0 N–H and O–H groups in total. The zero-order valence-electron chi connectivity index (χ0n) is 12.4. The van der Waals surface area contributed by atoms with E-state index in [0.717, 1.165) is 0 Å². The molecule has 0 heterocycles. The fourth-order valence-electron chi connectivity index (χ4n) is 3.72. The Hall–Kier alpha value is -1.18. The Labute approximate surface area is 122 Å². The summed E-state index contributed by atoms with van der Waals surface area (Å²) in [7, 11) is 0. The highest BCUT2D eigenvalue weighted by atomic mass is 15.2. The summed E-state index contributed by atoms with van der Waals surface area (Å²) in [5.74, 6) is 0. The first kappa shape index (κ1) is 13.8. The lowest BCUT2D eigenvalue weighted by Crippen LogP contribution is -2.27. The Morgan fingerprint density at radius 1 is 0.800 bits per heavy atom. The molecule has 20 heavy (non-hydrogen) atoms. The molecule has 0 amide bonds. The maximum absolute atomic E-state index is 4.93. The van der Waals surface area contributed by atoms with Crippen molar-refractivity contribution >= 4 is 0 Å². The topological polar surface area (TPSA) is 24.7 Å². The zero-order valence-corrected chi connectivity index (χ0v) is 12.4. The predicted molar refractivity (Wildman–Crippen MR) is 82.9 cm³/mol. The van der Waals surface area contributed by atoms with Crippen LogP contribution in [-0.2, 0) is 5.54 Å². The van der Waals surface area contributed by atoms with E-state index >= 15 is 0 Å². The second-order valence-corrected chi connectivity index (χ2v) is 6.47. The van der Waals surface area contributed by atoms with Gasteiger partial charge in [-0.15, -0.1) is 0 Å². The van der Waals surface area contributed by atoms with Crippen LogP contribution in [0.5, 0.6) is 0 Å². The van der Waals surface area contributed by atoms with Gasteiger partial charge in [0.25, 0.3) is 0 Å². The van der Waals surface area contributed by atoms with E-state index in [4.69, 9.17) is 10.2 Å². The second-order valence-electron chi connectivity index (χ2n) is 6.47. The Bertz CT molecular complexity index is 426. The molecule has 0 radical (unpaired) electrons. The molecule has 0 atom stereocenters. The molecule has 108 valence electrons. The molecule has 2 fully saturated rings. The van der Waals surface area contributed by atoms with E-state index in [-0.39, 0.29) is 5.54 Å². The van der Waals surface area contributed by atoms with E-state index < -0.39 is 0 Å². The van der Waals surface area contributed by atoms with Gasteiger partial charge in [0.2, 0.25) is 0 Å². The lowest BCUT2D eigenvalue weighted by molar-refractivity contribution is 0.280. The van der Waals surface area contributed by atoms with Gasteiger partial charge in [0, 0.05) is 0 Å². The molecule has 3 rings (SSSR count). The number of azo groups is 1. The molecule has 0 aromatic heterocycles. The van der Waals surface area contributed by atoms with Crippen LogP contribution in [0.25, 0.3) is 0 Å². The van der Waals surface area contributed by atoms with E-state index in [2.05, 4.69) is 30.3 Å². The number of hydrogen-bond donors (Lipinski definition) is 0. The molecule has 0 bridgehead atoms. The van der Waals surface area contributed by atoms with Gasteiger partial charge in [0.15, 0.2) is 0 Å². The third-order valence-electron chi connectivity index (χ3n) is 4.98. The van der Waals surface area contributed by atoms with Gasteiger partial charge in [-0.3, -0.25) is 0 Å². The normalized spacial score (nSPS) is 24.0. The average molecular weight is 270 g/mol. The molecule has 1 aromatic rings. The summed E-state index contributed by atoms with van der Waals surface area (Å²) >= 11 is 0. The van der Waals surface area contributed by atoms with Crippen molar-refractivity contribution in [2.45, 2.75) is 75.8 Å². The molecule has 2 nitrogen and oxygen atoms in total. The van der Waals surface area contributed by atoms with Crippen LogP contribution in [0, 0.1) is 0 Å². The first-order valence-electron chi connectivity index (χ1n) is 8.37. The summed E-state index contributed by atoms with van der Waals surface area (Å²) in [4.78, 5) is 0. The van der Waals surface area contributed by atoms with Gasteiger partial charge in [0.1, 0.15) is 5.54 Å². The lowest BCUT2D eigenvalue weighted by Gasteiger charge is -2.33. The van der Waals surface area contributed by atoms with Gasteiger partial charge in [-0.1, -0.05) is 68.9 Å². The third kappa shape index (κ3) is 3.11. The molecule has 0 aliphatic heterocycles. The van der Waals surface area contributed by atoms with E-state index in [1.807, 2.05) is 0 Å². The molecular formula is C18H26N2. The molecule has 2 saturated carbocycles. The van der Waals surface area contributed by atoms with Crippen molar-refractivity contribution < 1.29 is 0 Å². The minimum atomic E-state index is -0.0169. The molecule has 2 aliphatic rings. The summed E-state index contributed by atoms with van der Waals surface area (Å²) in [6, 6.07) is 11.4. The van der Waals surface area contributed by atoms with Crippen LogP contribution in [0.15, 0.2) is 40.6 Å². The zero-order chi connectivity index (χ0) is 13.7. The van der Waals surface area contributed by atoms with Crippen molar-refractivity contribution in [2.75, 3.05) is 0 Å². The van der Waals surface area contributed by atoms with Crippen molar-refractivity contribution in [1.82, 2.24) is 0 Å². The summed E-state index contributed by atoms with van der Waals surface area (Å²) in [5.41, 5.74) is 1.36. The number of rotatable bonds is 3. The molecule has 0 spiro atoms. The standard InChI is InChI=1S/C18H26N2/c1-4-10-16(11-5-1)18(14-8-3-9-15-18)20-19-17-12-6-2-7-13-17/h1,4-5,10-11,17H,2-3,6-9,12-15H2. The summed E-state index contributed by atoms with van der Waals surface area (Å²) in [5, 5.41) is 9.71. The predicted octanol–water partition coefficient (Wildman–Crippen LogP) is 5.63. The van der Waals surface area contributed by atoms with Crippen LogP contribution < -0.4 is 0 Å². The lowest BCUT2D eigenvalue weighted by atomic mass is 9.77. The summed E-state index contributed by atoms with van der Waals surface area (Å²) in [6.07, 6.45) is 12.8. The number of hydrogen-bond acceptors (Lipinski definition) is 2. The summed E-state index contributed by atoms with van der Waals surface area (Å²) in [6.45, 7) is 0. The highest BCUT2D eigenvalue weighted by Gasteiger charge is 2.34. The van der Waals surface area contributed by atoms with Crippen molar-refractivity contribution in [2.24, 2.45) is 10.2 Å². The smallest absolute Gasteiger partial charge is 0.106 e. The van der Waals surface area contributed by atoms with E-state index in [0.29, 0.717) is 6.04 Å². The van der Waals surface area contributed by atoms with E-state index in [1.54, 1.807) is 0 Å². The van der Waals surface area contributed by atoms with E-state index in [1.165, 1.54) is 69.8 Å². The molecule has 0 unspecified atom stereocenters. The Balaban J connectivity index is 1.80. The van der Waals surface area contributed by atoms with Gasteiger partial charge >= 0.3 is 0 Å². The van der Waals surface area contributed by atoms with Crippen molar-refractivity contribution in [3.8, 4) is 0 Å². The fourth-order valence-corrected chi connectivity index (χ4v) is 3.72. The summed E-state index contributed by atoms with van der Waals surface area (Å²) < 4.78 is 0. The van der Waals surface area contributed by atoms with Crippen LogP contribution in [0.4, 0.5) is 0 Å². The van der Waals surface area contributed by atoms with Crippen LogP contribution in [0.3, 0.4) is 0 Å². The van der Waals surface area contributed by atoms with Crippen molar-refractivity contribution in [3.63, 3.8) is 0 Å².